The summed E-state index contributed by atoms with van der Waals surface area (Å²) in [6.07, 6.45) is 2.49. The number of nitrogens with one attached hydrogen (secondary N) is 1. The van der Waals surface area contributed by atoms with Crippen molar-refractivity contribution in [1.29, 1.82) is 0 Å². The zero-order valence-corrected chi connectivity index (χ0v) is 10.6. The van der Waals surface area contributed by atoms with Gasteiger partial charge in [0.05, 0.1) is 0 Å². The molecule has 0 aliphatic carbocycles. The van der Waals surface area contributed by atoms with E-state index in [-0.39, 0.29) is 11.9 Å². The molecule has 1 unspecified atom stereocenters. The Labute approximate surface area is 103 Å². The molecule has 2 nitrogen and oxygen atoms in total. The summed E-state index contributed by atoms with van der Waals surface area (Å²) < 4.78 is 13.7. The van der Waals surface area contributed by atoms with Crippen molar-refractivity contribution < 1.29 is 4.39 Å². The van der Waals surface area contributed by atoms with Gasteiger partial charge in [-0.25, -0.2) is 4.39 Å². The van der Waals surface area contributed by atoms with Gasteiger partial charge in [0.15, 0.2) is 0 Å². The first-order valence-corrected chi connectivity index (χ1v) is 6.36. The molecule has 1 fully saturated rings. The summed E-state index contributed by atoms with van der Waals surface area (Å²) in [6, 6.07) is 7.74. The third-order valence-electron chi connectivity index (χ3n) is 3.69. The molecule has 1 N–H and O–H groups in total. The van der Waals surface area contributed by atoms with E-state index < -0.39 is 0 Å². The Morgan fingerprint density at radius 1 is 1.47 bits per heavy atom. The van der Waals surface area contributed by atoms with Crippen LogP contribution in [-0.4, -0.2) is 31.1 Å². The molecule has 0 radical (unpaired) electrons. The van der Waals surface area contributed by atoms with Crippen molar-refractivity contribution in [2.75, 3.05) is 20.1 Å². The quantitative estimate of drug-likeness (QED) is 0.864. The molecule has 1 aromatic carbocycles. The Kier molecular flexibility index (Phi) is 4.13. The van der Waals surface area contributed by atoms with Crippen LogP contribution < -0.4 is 5.32 Å². The number of hydrogen-bond donors (Lipinski definition) is 1. The van der Waals surface area contributed by atoms with Gasteiger partial charge in [-0.05, 0) is 39.4 Å². The molecule has 2 atom stereocenters. The summed E-state index contributed by atoms with van der Waals surface area (Å²) in [4.78, 5) is 2.22. The number of halogens is 1. The smallest absolute Gasteiger partial charge is 0.127 e. The highest BCUT2D eigenvalue weighted by molar-refractivity contribution is 5.20. The molecule has 0 amide bonds. The number of rotatable bonds is 4. The Hall–Kier alpha value is -0.930. The van der Waals surface area contributed by atoms with Crippen molar-refractivity contribution >= 4 is 0 Å². The van der Waals surface area contributed by atoms with Gasteiger partial charge in [0.2, 0.25) is 0 Å². The van der Waals surface area contributed by atoms with Crippen LogP contribution in [0.25, 0.3) is 0 Å². The van der Waals surface area contributed by atoms with E-state index in [1.165, 1.54) is 18.9 Å². The molecule has 1 saturated heterocycles. The highest BCUT2D eigenvalue weighted by atomic mass is 19.1. The standard InChI is InChI=1S/C14H21FN2/c1-11(13-7-3-4-8-14(13)15)17(2)10-12-6-5-9-16-12/h3-4,7-8,11-12,16H,5-6,9-10H2,1-2H3/t11?,12-/m0/s1. The van der Waals surface area contributed by atoms with Crippen molar-refractivity contribution in [2.45, 2.75) is 31.8 Å². The molecule has 2 rings (SSSR count). The maximum absolute atomic E-state index is 13.7. The molecule has 0 aromatic heterocycles. The number of likely N-dealkylation sites (N-methyl/N-ethyl adjacent to an activating group) is 1. The lowest BCUT2D eigenvalue weighted by Gasteiger charge is -2.28. The monoisotopic (exact) mass is 236 g/mol. The average Bonchev–Trinajstić information content (AvgIpc) is 2.81. The highest BCUT2D eigenvalue weighted by Crippen LogP contribution is 2.22. The lowest BCUT2D eigenvalue weighted by atomic mass is 10.1. The average molecular weight is 236 g/mol. The molecule has 1 aromatic rings. The molecule has 0 spiro atoms. The van der Waals surface area contributed by atoms with Crippen LogP contribution in [0.4, 0.5) is 4.39 Å². The van der Waals surface area contributed by atoms with Crippen LogP contribution in [-0.2, 0) is 0 Å². The third kappa shape index (κ3) is 3.05. The summed E-state index contributed by atoms with van der Waals surface area (Å²) in [7, 11) is 2.07. The first-order valence-electron chi connectivity index (χ1n) is 6.36. The zero-order valence-electron chi connectivity index (χ0n) is 10.6. The Bertz CT molecular complexity index is 361. The topological polar surface area (TPSA) is 15.3 Å². The van der Waals surface area contributed by atoms with E-state index in [0.29, 0.717) is 6.04 Å². The van der Waals surface area contributed by atoms with Crippen LogP contribution in [0.1, 0.15) is 31.4 Å². The number of benzene rings is 1. The van der Waals surface area contributed by atoms with Gasteiger partial charge < -0.3 is 5.32 Å². The minimum Gasteiger partial charge on any atom is -0.313 e. The molecule has 0 saturated carbocycles. The van der Waals surface area contributed by atoms with E-state index in [1.807, 2.05) is 12.1 Å². The SMILES string of the molecule is CC(c1ccccc1F)N(C)C[C@@H]1CCCN1. The second-order valence-electron chi connectivity index (χ2n) is 4.93. The highest BCUT2D eigenvalue weighted by Gasteiger charge is 2.20. The summed E-state index contributed by atoms with van der Waals surface area (Å²) in [5, 5.41) is 3.47. The number of nitrogens with zero attached hydrogens (tertiary/aromatic N) is 1. The molecule has 17 heavy (non-hydrogen) atoms. The first-order chi connectivity index (χ1) is 8.18. The molecule has 1 aliphatic heterocycles. The molecular weight excluding hydrogens is 215 g/mol. The second-order valence-corrected chi connectivity index (χ2v) is 4.93. The maximum atomic E-state index is 13.7. The van der Waals surface area contributed by atoms with Crippen molar-refractivity contribution in [2.24, 2.45) is 0 Å². The van der Waals surface area contributed by atoms with Crippen molar-refractivity contribution in [3.63, 3.8) is 0 Å². The van der Waals surface area contributed by atoms with E-state index in [0.717, 1.165) is 18.7 Å². The number of hydrogen-bond acceptors (Lipinski definition) is 2. The predicted octanol–water partition coefficient (Wildman–Crippen LogP) is 2.57. The van der Waals surface area contributed by atoms with Gasteiger partial charge in [0.1, 0.15) is 5.82 Å². The van der Waals surface area contributed by atoms with E-state index in [1.54, 1.807) is 6.07 Å². The molecule has 94 valence electrons. The third-order valence-corrected chi connectivity index (χ3v) is 3.69. The van der Waals surface area contributed by atoms with Gasteiger partial charge in [-0.15, -0.1) is 0 Å². The van der Waals surface area contributed by atoms with Gasteiger partial charge in [-0.1, -0.05) is 18.2 Å². The Morgan fingerprint density at radius 3 is 2.88 bits per heavy atom. The zero-order chi connectivity index (χ0) is 12.3. The molecule has 0 bridgehead atoms. The minimum absolute atomic E-state index is 0.105. The van der Waals surface area contributed by atoms with Crippen LogP contribution >= 0.6 is 0 Å². The van der Waals surface area contributed by atoms with Crippen molar-refractivity contribution in [3.8, 4) is 0 Å². The van der Waals surface area contributed by atoms with E-state index in [4.69, 9.17) is 0 Å². The largest absolute Gasteiger partial charge is 0.313 e. The van der Waals surface area contributed by atoms with E-state index >= 15 is 0 Å². The summed E-state index contributed by atoms with van der Waals surface area (Å²) in [5.41, 5.74) is 0.785. The fraction of sp³-hybridized carbons (Fsp3) is 0.571. The van der Waals surface area contributed by atoms with E-state index in [2.05, 4.69) is 24.2 Å². The molecule has 3 heteroatoms. The molecule has 1 heterocycles. The van der Waals surface area contributed by atoms with Gasteiger partial charge >= 0.3 is 0 Å². The van der Waals surface area contributed by atoms with Gasteiger partial charge in [-0.2, -0.15) is 0 Å². The lowest BCUT2D eigenvalue weighted by Crippen LogP contribution is -2.36. The maximum Gasteiger partial charge on any atom is 0.127 e. The van der Waals surface area contributed by atoms with E-state index in [9.17, 15) is 4.39 Å². The normalized spacial score (nSPS) is 22.0. The van der Waals surface area contributed by atoms with Crippen molar-refractivity contribution in [3.05, 3.63) is 35.6 Å². The van der Waals surface area contributed by atoms with Gasteiger partial charge in [0.25, 0.3) is 0 Å². The van der Waals surface area contributed by atoms with Gasteiger partial charge in [-0.3, -0.25) is 4.90 Å². The first kappa shape index (κ1) is 12.5. The summed E-state index contributed by atoms with van der Waals surface area (Å²) in [5.74, 6) is -0.105. The predicted molar refractivity (Wildman–Crippen MR) is 68.5 cm³/mol. The van der Waals surface area contributed by atoms with Crippen molar-refractivity contribution in [1.82, 2.24) is 10.2 Å². The summed E-state index contributed by atoms with van der Waals surface area (Å²) >= 11 is 0. The second kappa shape index (κ2) is 5.61. The summed E-state index contributed by atoms with van der Waals surface area (Å²) in [6.45, 7) is 4.16. The Morgan fingerprint density at radius 2 is 2.24 bits per heavy atom. The molecular formula is C14H21FN2. The van der Waals surface area contributed by atoms with Crippen LogP contribution in [0.5, 0.6) is 0 Å². The van der Waals surface area contributed by atoms with Crippen LogP contribution in [0.3, 0.4) is 0 Å². The molecule has 1 aliphatic rings. The fourth-order valence-electron chi connectivity index (χ4n) is 2.47. The van der Waals surface area contributed by atoms with Crippen LogP contribution in [0, 0.1) is 5.82 Å². The lowest BCUT2D eigenvalue weighted by molar-refractivity contribution is 0.234. The van der Waals surface area contributed by atoms with Crippen LogP contribution in [0.2, 0.25) is 0 Å². The van der Waals surface area contributed by atoms with Gasteiger partial charge in [0, 0.05) is 24.2 Å². The Balaban J connectivity index is 1.98. The minimum atomic E-state index is -0.105. The fourth-order valence-corrected chi connectivity index (χ4v) is 2.47. The van der Waals surface area contributed by atoms with Crippen LogP contribution in [0.15, 0.2) is 24.3 Å².